The predicted octanol–water partition coefficient (Wildman–Crippen LogP) is 4.53. The lowest BCUT2D eigenvalue weighted by Gasteiger charge is -2.12. The van der Waals surface area contributed by atoms with Crippen molar-refractivity contribution in [1.82, 2.24) is 0 Å². The van der Waals surface area contributed by atoms with E-state index in [9.17, 15) is 13.2 Å². The highest BCUT2D eigenvalue weighted by atomic mass is 35.5. The van der Waals surface area contributed by atoms with Gasteiger partial charge in [0.15, 0.2) is 17.5 Å². The molecule has 0 bridgehead atoms. The van der Waals surface area contributed by atoms with Crippen LogP contribution in [0.3, 0.4) is 0 Å². The lowest BCUT2D eigenvalue weighted by atomic mass is 10.0. The second kappa shape index (κ2) is 3.99. The maximum atomic E-state index is 13.2. The molecule has 0 spiro atoms. The molecule has 0 heterocycles. The quantitative estimate of drug-likeness (QED) is 0.502. The van der Waals surface area contributed by atoms with Crippen molar-refractivity contribution in [2.24, 2.45) is 0 Å². The first kappa shape index (κ1) is 11.7. The van der Waals surface area contributed by atoms with Gasteiger partial charge < -0.3 is 0 Å². The zero-order valence-corrected chi connectivity index (χ0v) is 8.98. The first-order valence-corrected chi connectivity index (χ1v) is 4.64. The van der Waals surface area contributed by atoms with E-state index in [1.165, 1.54) is 0 Å². The molecule has 0 aromatic heterocycles. The third kappa shape index (κ3) is 1.71. The molecule has 14 heavy (non-hydrogen) atoms. The molecule has 1 aromatic carbocycles. The van der Waals surface area contributed by atoms with E-state index < -0.39 is 33.4 Å². The summed E-state index contributed by atoms with van der Waals surface area (Å²) in [6, 6.07) is 0. The molecule has 0 N–H and O–H groups in total. The van der Waals surface area contributed by atoms with Gasteiger partial charge in [-0.05, 0) is 5.92 Å². The largest absolute Gasteiger partial charge is 0.204 e. The maximum Gasteiger partial charge on any atom is 0.180 e. The highest BCUT2D eigenvalue weighted by Gasteiger charge is 2.24. The molecule has 0 fully saturated rings. The van der Waals surface area contributed by atoms with Crippen LogP contribution < -0.4 is 0 Å². The Labute approximate surface area is 89.6 Å². The van der Waals surface area contributed by atoms with E-state index in [2.05, 4.69) is 0 Å². The second-order valence-corrected chi connectivity index (χ2v) is 3.89. The normalized spacial score (nSPS) is 11.1. The minimum absolute atomic E-state index is 0.189. The van der Waals surface area contributed by atoms with Gasteiger partial charge in [0.1, 0.15) is 5.02 Å². The summed E-state index contributed by atoms with van der Waals surface area (Å²) in [6.07, 6.45) is 0. The molecule has 0 saturated carbocycles. The Morgan fingerprint density at radius 3 is 1.79 bits per heavy atom. The fourth-order valence-electron chi connectivity index (χ4n) is 1.13. The zero-order valence-electron chi connectivity index (χ0n) is 7.47. The maximum absolute atomic E-state index is 13.2. The Hall–Kier alpha value is -0.410. The molecule has 0 aliphatic carbocycles. The summed E-state index contributed by atoms with van der Waals surface area (Å²) >= 11 is 10.7. The molecule has 1 aromatic rings. The molecule has 0 amide bonds. The number of halogens is 5. The molecule has 0 aliphatic rings. The summed E-state index contributed by atoms with van der Waals surface area (Å²) in [5, 5.41) is -1.36. The molecule has 0 saturated heterocycles. The van der Waals surface area contributed by atoms with E-state index in [1.807, 2.05) is 0 Å². The molecule has 0 radical (unpaired) electrons. The summed E-state index contributed by atoms with van der Waals surface area (Å²) in [6.45, 7) is 3.16. The number of hydrogen-bond donors (Lipinski definition) is 0. The van der Waals surface area contributed by atoms with Crippen LogP contribution in [0.15, 0.2) is 0 Å². The van der Waals surface area contributed by atoms with Crippen LogP contribution in [0.2, 0.25) is 10.0 Å². The van der Waals surface area contributed by atoms with Gasteiger partial charge in [0.25, 0.3) is 0 Å². The minimum Gasteiger partial charge on any atom is -0.204 e. The van der Waals surface area contributed by atoms with E-state index in [0.29, 0.717) is 0 Å². The third-order valence-electron chi connectivity index (χ3n) is 1.82. The molecule has 0 nitrogen and oxygen atoms in total. The van der Waals surface area contributed by atoms with Gasteiger partial charge in [-0.2, -0.15) is 0 Å². The molecular weight excluding hydrogens is 236 g/mol. The van der Waals surface area contributed by atoms with Crippen molar-refractivity contribution < 1.29 is 13.2 Å². The van der Waals surface area contributed by atoms with Crippen molar-refractivity contribution in [3.63, 3.8) is 0 Å². The molecule has 78 valence electrons. The number of hydrogen-bond acceptors (Lipinski definition) is 0. The first-order valence-electron chi connectivity index (χ1n) is 3.89. The Balaban J connectivity index is 3.60. The van der Waals surface area contributed by atoms with Gasteiger partial charge in [0, 0.05) is 5.56 Å². The monoisotopic (exact) mass is 242 g/mol. The van der Waals surface area contributed by atoms with Crippen molar-refractivity contribution in [3.05, 3.63) is 33.1 Å². The van der Waals surface area contributed by atoms with Crippen molar-refractivity contribution in [2.45, 2.75) is 19.8 Å². The van der Waals surface area contributed by atoms with E-state index in [4.69, 9.17) is 23.2 Å². The Morgan fingerprint density at radius 1 is 0.857 bits per heavy atom. The van der Waals surface area contributed by atoms with Crippen LogP contribution in [-0.4, -0.2) is 0 Å². The van der Waals surface area contributed by atoms with Gasteiger partial charge in [0.05, 0.1) is 5.02 Å². The first-order chi connectivity index (χ1) is 6.37. The molecular formula is C9H7Cl2F3. The van der Waals surface area contributed by atoms with Crippen molar-refractivity contribution >= 4 is 23.2 Å². The SMILES string of the molecule is CC(C)c1c(F)c(F)c(Cl)c(F)c1Cl. The van der Waals surface area contributed by atoms with Gasteiger partial charge >= 0.3 is 0 Å². The Kier molecular flexibility index (Phi) is 3.32. The smallest absolute Gasteiger partial charge is 0.180 e. The van der Waals surface area contributed by atoms with Crippen molar-refractivity contribution in [2.75, 3.05) is 0 Å². The Bertz CT molecular complexity index is 346. The fourth-order valence-corrected chi connectivity index (χ4v) is 1.75. The molecule has 5 heteroatoms. The van der Waals surface area contributed by atoms with Crippen LogP contribution in [-0.2, 0) is 0 Å². The topological polar surface area (TPSA) is 0 Å². The summed E-state index contributed by atoms with van der Waals surface area (Å²) in [4.78, 5) is 0. The number of rotatable bonds is 1. The molecule has 1 rings (SSSR count). The van der Waals surface area contributed by atoms with E-state index in [-0.39, 0.29) is 5.56 Å². The van der Waals surface area contributed by atoms with E-state index in [1.54, 1.807) is 13.8 Å². The average molecular weight is 243 g/mol. The van der Waals surface area contributed by atoms with Gasteiger partial charge in [-0.25, -0.2) is 13.2 Å². The van der Waals surface area contributed by atoms with E-state index in [0.717, 1.165) is 0 Å². The van der Waals surface area contributed by atoms with Crippen LogP contribution >= 0.6 is 23.2 Å². The predicted molar refractivity (Wildman–Crippen MR) is 50.4 cm³/mol. The van der Waals surface area contributed by atoms with Crippen LogP contribution in [0, 0.1) is 17.5 Å². The third-order valence-corrected chi connectivity index (χ3v) is 2.52. The Morgan fingerprint density at radius 2 is 1.36 bits per heavy atom. The minimum atomic E-state index is -1.39. The molecule has 0 unspecified atom stereocenters. The van der Waals surface area contributed by atoms with Crippen molar-refractivity contribution in [1.29, 1.82) is 0 Å². The fraction of sp³-hybridized carbons (Fsp3) is 0.333. The lowest BCUT2D eigenvalue weighted by molar-refractivity contribution is 0.480. The average Bonchev–Trinajstić information content (AvgIpc) is 2.11. The summed E-state index contributed by atoms with van der Waals surface area (Å²) in [5.41, 5.74) is -0.189. The van der Waals surface area contributed by atoms with Gasteiger partial charge in [-0.1, -0.05) is 37.0 Å². The van der Waals surface area contributed by atoms with Crippen LogP contribution in [0.4, 0.5) is 13.2 Å². The molecule has 0 aliphatic heterocycles. The highest BCUT2D eigenvalue weighted by Crippen LogP contribution is 2.35. The highest BCUT2D eigenvalue weighted by molar-refractivity contribution is 6.35. The summed E-state index contributed by atoms with van der Waals surface area (Å²) < 4.78 is 39.4. The number of benzene rings is 1. The van der Waals surface area contributed by atoms with Crippen LogP contribution in [0.25, 0.3) is 0 Å². The summed E-state index contributed by atoms with van der Waals surface area (Å²) in [7, 11) is 0. The van der Waals surface area contributed by atoms with Gasteiger partial charge in [-0.15, -0.1) is 0 Å². The van der Waals surface area contributed by atoms with Gasteiger partial charge in [0.2, 0.25) is 0 Å². The van der Waals surface area contributed by atoms with E-state index >= 15 is 0 Å². The van der Waals surface area contributed by atoms with Crippen molar-refractivity contribution in [3.8, 4) is 0 Å². The van der Waals surface area contributed by atoms with Gasteiger partial charge in [-0.3, -0.25) is 0 Å². The second-order valence-electron chi connectivity index (χ2n) is 3.14. The zero-order chi connectivity index (χ0) is 11.0. The van der Waals surface area contributed by atoms with Crippen LogP contribution in [0.5, 0.6) is 0 Å². The molecule has 0 atom stereocenters. The lowest BCUT2D eigenvalue weighted by Crippen LogP contribution is -2.02. The standard InChI is InChI=1S/C9H7Cl2F3/c1-3(2)4-5(10)8(13)6(11)9(14)7(4)12/h3H,1-2H3. The van der Waals surface area contributed by atoms with Crippen LogP contribution in [0.1, 0.15) is 25.3 Å². The summed E-state index contributed by atoms with van der Waals surface area (Å²) in [5.74, 6) is -4.10.